The summed E-state index contributed by atoms with van der Waals surface area (Å²) in [5.41, 5.74) is -0.201. The van der Waals surface area contributed by atoms with E-state index in [0.29, 0.717) is 6.29 Å². The van der Waals surface area contributed by atoms with Gasteiger partial charge in [-0.15, -0.1) is 0 Å². The van der Waals surface area contributed by atoms with E-state index in [-0.39, 0.29) is 16.8 Å². The summed E-state index contributed by atoms with van der Waals surface area (Å²) in [5.74, 6) is 0. The molecule has 0 saturated carbocycles. The molecule has 0 heterocycles. The minimum Gasteiger partial charge on any atom is -0.298 e. The van der Waals surface area contributed by atoms with Gasteiger partial charge in [-0.1, -0.05) is 0 Å². The maximum atomic E-state index is 10.4. The molecule has 0 saturated heterocycles. The molecule has 1 rings (SSSR count). The average Bonchev–Trinajstić information content (AvgIpc) is 2.16. The van der Waals surface area contributed by atoms with Gasteiger partial charge in [0.2, 0.25) is 0 Å². The quantitative estimate of drug-likeness (QED) is 0.386. The van der Waals surface area contributed by atoms with E-state index in [1.54, 1.807) is 6.07 Å². The zero-order valence-electron chi connectivity index (χ0n) is 6.43. The second-order valence-electron chi connectivity index (χ2n) is 2.26. The molecular formula is C8H4N2O3. The molecule has 5 heteroatoms. The van der Waals surface area contributed by atoms with Crippen LogP contribution in [0, 0.1) is 21.4 Å². The van der Waals surface area contributed by atoms with Gasteiger partial charge in [0.15, 0.2) is 0 Å². The molecule has 13 heavy (non-hydrogen) atoms. The van der Waals surface area contributed by atoms with E-state index in [9.17, 15) is 14.9 Å². The highest BCUT2D eigenvalue weighted by Gasteiger charge is 2.13. The van der Waals surface area contributed by atoms with Crippen LogP contribution in [0.15, 0.2) is 18.2 Å². The molecule has 1 aromatic rings. The van der Waals surface area contributed by atoms with Crippen LogP contribution < -0.4 is 0 Å². The van der Waals surface area contributed by atoms with Gasteiger partial charge in [-0.25, -0.2) is 0 Å². The summed E-state index contributed by atoms with van der Waals surface area (Å²) in [6.45, 7) is 0. The van der Waals surface area contributed by atoms with Gasteiger partial charge in [0.25, 0.3) is 5.69 Å². The third kappa shape index (κ3) is 1.68. The van der Waals surface area contributed by atoms with E-state index in [4.69, 9.17) is 5.26 Å². The van der Waals surface area contributed by atoms with E-state index in [1.807, 2.05) is 0 Å². The lowest BCUT2D eigenvalue weighted by Crippen LogP contribution is -1.93. The van der Waals surface area contributed by atoms with Gasteiger partial charge < -0.3 is 0 Å². The Bertz CT molecular complexity index is 406. The lowest BCUT2D eigenvalue weighted by atomic mass is 10.1. The Morgan fingerprint density at radius 1 is 1.54 bits per heavy atom. The number of nitrogens with zero attached hydrogens (tertiary/aromatic N) is 2. The van der Waals surface area contributed by atoms with Crippen molar-refractivity contribution in [3.05, 3.63) is 39.4 Å². The van der Waals surface area contributed by atoms with E-state index in [2.05, 4.69) is 0 Å². The monoisotopic (exact) mass is 176 g/mol. The Hall–Kier alpha value is -2.22. The fourth-order valence-electron chi connectivity index (χ4n) is 0.868. The van der Waals surface area contributed by atoms with Crippen LogP contribution in [0.3, 0.4) is 0 Å². The van der Waals surface area contributed by atoms with Gasteiger partial charge in [0.1, 0.15) is 17.9 Å². The summed E-state index contributed by atoms with van der Waals surface area (Å²) in [6, 6.07) is 5.36. The molecule has 0 fully saturated rings. The molecule has 5 nitrogen and oxygen atoms in total. The molecule has 0 N–H and O–H groups in total. The molecule has 64 valence electrons. The summed E-state index contributed by atoms with van der Waals surface area (Å²) < 4.78 is 0. The van der Waals surface area contributed by atoms with Crippen LogP contribution in [0.2, 0.25) is 0 Å². The van der Waals surface area contributed by atoms with Gasteiger partial charge in [-0.2, -0.15) is 5.26 Å². The summed E-state index contributed by atoms with van der Waals surface area (Å²) in [6.07, 6.45) is 0.494. The fourth-order valence-corrected chi connectivity index (χ4v) is 0.868. The van der Waals surface area contributed by atoms with Crippen LogP contribution in [0.1, 0.15) is 15.9 Å². The number of aldehydes is 1. The van der Waals surface area contributed by atoms with Gasteiger partial charge in [-0.05, 0) is 12.1 Å². The number of carbonyl (C=O) groups excluding carboxylic acids is 1. The molecule has 0 atom stereocenters. The highest BCUT2D eigenvalue weighted by Crippen LogP contribution is 2.18. The van der Waals surface area contributed by atoms with Crippen molar-refractivity contribution in [1.29, 1.82) is 5.26 Å². The first kappa shape index (κ1) is 8.87. The number of nitriles is 1. The highest BCUT2D eigenvalue weighted by atomic mass is 16.6. The maximum Gasteiger partial charge on any atom is 0.287 e. The van der Waals surface area contributed by atoms with Crippen molar-refractivity contribution in [3.63, 3.8) is 0 Å². The van der Waals surface area contributed by atoms with Crippen LogP contribution in [0.25, 0.3) is 0 Å². The average molecular weight is 176 g/mol. The summed E-state index contributed by atoms with van der Waals surface area (Å²) in [5, 5.41) is 18.9. The van der Waals surface area contributed by atoms with Crippen molar-refractivity contribution in [2.45, 2.75) is 0 Å². The fraction of sp³-hybridized carbons (Fsp3) is 0. The minimum absolute atomic E-state index is 0.0457. The number of benzene rings is 1. The number of carbonyl (C=O) groups is 1. The van der Waals surface area contributed by atoms with Crippen LogP contribution in [0.5, 0.6) is 0 Å². The standard InChI is InChI=1S/C8H4N2O3/c9-4-7-2-1-6(5-11)3-8(7)10(12)13/h1-3,5H. The zero-order chi connectivity index (χ0) is 9.84. The Morgan fingerprint density at radius 2 is 2.23 bits per heavy atom. The highest BCUT2D eigenvalue weighted by molar-refractivity contribution is 5.77. The Balaban J connectivity index is 3.36. The molecule has 0 radical (unpaired) electrons. The lowest BCUT2D eigenvalue weighted by molar-refractivity contribution is -0.385. The molecule has 0 aliphatic heterocycles. The number of hydrogen-bond donors (Lipinski definition) is 0. The van der Waals surface area contributed by atoms with E-state index < -0.39 is 4.92 Å². The number of rotatable bonds is 2. The molecule has 0 spiro atoms. The van der Waals surface area contributed by atoms with E-state index in [0.717, 1.165) is 6.07 Å². The Labute approximate surface area is 73.4 Å². The number of nitro benzene ring substituents is 1. The molecule has 0 amide bonds. The Morgan fingerprint density at radius 3 is 2.69 bits per heavy atom. The van der Waals surface area contributed by atoms with E-state index in [1.165, 1.54) is 12.1 Å². The normalized spacial score (nSPS) is 8.85. The predicted molar refractivity (Wildman–Crippen MR) is 43.2 cm³/mol. The minimum atomic E-state index is -0.689. The number of hydrogen-bond acceptors (Lipinski definition) is 4. The zero-order valence-corrected chi connectivity index (χ0v) is 6.43. The van der Waals surface area contributed by atoms with Crippen molar-refractivity contribution < 1.29 is 9.72 Å². The van der Waals surface area contributed by atoms with Gasteiger partial charge in [0, 0.05) is 11.6 Å². The largest absolute Gasteiger partial charge is 0.298 e. The molecule has 1 aromatic carbocycles. The van der Waals surface area contributed by atoms with Crippen molar-refractivity contribution in [1.82, 2.24) is 0 Å². The van der Waals surface area contributed by atoms with Crippen LogP contribution in [-0.2, 0) is 0 Å². The summed E-state index contributed by atoms with van der Waals surface area (Å²) in [7, 11) is 0. The lowest BCUT2D eigenvalue weighted by Gasteiger charge is -1.94. The summed E-state index contributed by atoms with van der Waals surface area (Å²) >= 11 is 0. The maximum absolute atomic E-state index is 10.4. The van der Waals surface area contributed by atoms with Gasteiger partial charge in [-0.3, -0.25) is 14.9 Å². The summed E-state index contributed by atoms with van der Waals surface area (Å²) in [4.78, 5) is 20.0. The van der Waals surface area contributed by atoms with Gasteiger partial charge in [0.05, 0.1) is 4.92 Å². The molecule has 0 aliphatic rings. The van der Waals surface area contributed by atoms with Crippen LogP contribution >= 0.6 is 0 Å². The van der Waals surface area contributed by atoms with Crippen molar-refractivity contribution in [2.75, 3.05) is 0 Å². The van der Waals surface area contributed by atoms with Crippen molar-refractivity contribution in [3.8, 4) is 6.07 Å². The molecule has 0 aromatic heterocycles. The SMILES string of the molecule is N#Cc1ccc(C=O)cc1[N+](=O)[O-]. The first-order valence-corrected chi connectivity index (χ1v) is 3.32. The van der Waals surface area contributed by atoms with Crippen LogP contribution in [-0.4, -0.2) is 11.2 Å². The van der Waals surface area contributed by atoms with Crippen molar-refractivity contribution >= 4 is 12.0 Å². The second-order valence-corrected chi connectivity index (χ2v) is 2.26. The van der Waals surface area contributed by atoms with E-state index >= 15 is 0 Å². The molecule has 0 unspecified atom stereocenters. The second kappa shape index (κ2) is 3.45. The van der Waals surface area contributed by atoms with Gasteiger partial charge >= 0.3 is 0 Å². The Kier molecular flexibility index (Phi) is 2.36. The predicted octanol–water partition coefficient (Wildman–Crippen LogP) is 1.28. The number of nitro groups is 1. The molecule has 0 bridgehead atoms. The van der Waals surface area contributed by atoms with Crippen molar-refractivity contribution in [2.24, 2.45) is 0 Å². The first-order valence-electron chi connectivity index (χ1n) is 3.32. The first-order chi connectivity index (χ1) is 6.19. The molecular weight excluding hydrogens is 172 g/mol. The third-order valence-electron chi connectivity index (χ3n) is 1.48. The smallest absolute Gasteiger partial charge is 0.287 e. The topological polar surface area (TPSA) is 84.0 Å². The third-order valence-corrected chi connectivity index (χ3v) is 1.48. The van der Waals surface area contributed by atoms with Crippen LogP contribution in [0.4, 0.5) is 5.69 Å². The molecule has 0 aliphatic carbocycles.